The van der Waals surface area contributed by atoms with E-state index in [4.69, 9.17) is 4.74 Å². The second kappa shape index (κ2) is 9.20. The molecule has 0 saturated heterocycles. The van der Waals surface area contributed by atoms with Crippen molar-refractivity contribution in [1.29, 1.82) is 0 Å². The summed E-state index contributed by atoms with van der Waals surface area (Å²) in [6.45, 7) is 2.09. The number of esters is 1. The molecule has 0 spiro atoms. The van der Waals surface area contributed by atoms with Gasteiger partial charge in [0.25, 0.3) is 0 Å². The van der Waals surface area contributed by atoms with E-state index in [1.807, 2.05) is 11.4 Å². The third-order valence-electron chi connectivity index (χ3n) is 7.28. The Morgan fingerprint density at radius 3 is 2.75 bits per heavy atom. The molecule has 3 fully saturated rings. The molecule has 3 aliphatic carbocycles. The van der Waals surface area contributed by atoms with Crippen molar-refractivity contribution in [3.63, 3.8) is 0 Å². The minimum Gasteiger partial charge on any atom is -0.466 e. The zero-order chi connectivity index (χ0) is 24.8. The molecular formula is C25H24F2N6O2S. The van der Waals surface area contributed by atoms with Gasteiger partial charge in [-0.25, -0.2) is 24.3 Å². The maximum atomic E-state index is 15.9. The molecule has 4 heterocycles. The Labute approximate surface area is 209 Å². The number of fused-ring (bicyclic) bond motifs is 4. The highest BCUT2D eigenvalue weighted by Crippen LogP contribution is 2.47. The Kier molecular flexibility index (Phi) is 5.87. The average Bonchev–Trinajstić information content (AvgIpc) is 3.56. The first-order valence-electron chi connectivity index (χ1n) is 12.1. The first-order chi connectivity index (χ1) is 17.5. The molecule has 4 aromatic heterocycles. The summed E-state index contributed by atoms with van der Waals surface area (Å²) in [6, 6.07) is 3.30. The molecular weight excluding hydrogens is 486 g/mol. The number of aromatic amines is 1. The van der Waals surface area contributed by atoms with Crippen LogP contribution in [0, 0.1) is 29.5 Å². The van der Waals surface area contributed by atoms with Crippen LogP contribution in [0.5, 0.6) is 0 Å². The Morgan fingerprint density at radius 2 is 2.00 bits per heavy atom. The quantitative estimate of drug-likeness (QED) is 0.343. The fourth-order valence-electron chi connectivity index (χ4n) is 5.67. The van der Waals surface area contributed by atoms with Crippen LogP contribution in [0.3, 0.4) is 0 Å². The van der Waals surface area contributed by atoms with E-state index < -0.39 is 11.8 Å². The number of halogens is 2. The topological polar surface area (TPSA) is 106 Å². The normalized spacial score (nSPS) is 23.2. The summed E-state index contributed by atoms with van der Waals surface area (Å²) in [5.41, 5.74) is 1.17. The number of anilines is 1. The van der Waals surface area contributed by atoms with Gasteiger partial charge in [0.2, 0.25) is 5.95 Å². The molecule has 0 radical (unpaired) electrons. The van der Waals surface area contributed by atoms with Gasteiger partial charge in [0.05, 0.1) is 29.2 Å². The minimum absolute atomic E-state index is 0.00830. The SMILES string of the molecule is CCOC(=O)[C@@H]1C2CCC(CC2)[C@H]1Nc1nc(-c2c[nH]c3ncc(F)nc23)nc(-c2cccs2)c1F. The van der Waals surface area contributed by atoms with E-state index in [-0.39, 0.29) is 52.6 Å². The molecule has 0 aliphatic heterocycles. The first kappa shape index (κ1) is 23.0. The van der Waals surface area contributed by atoms with Crippen molar-refractivity contribution in [2.24, 2.45) is 17.8 Å². The van der Waals surface area contributed by atoms with Crippen molar-refractivity contribution in [3.05, 3.63) is 41.7 Å². The van der Waals surface area contributed by atoms with Crippen LogP contribution in [0.1, 0.15) is 32.6 Å². The summed E-state index contributed by atoms with van der Waals surface area (Å²) in [6.07, 6.45) is 6.46. The predicted octanol–water partition coefficient (Wildman–Crippen LogP) is 5.20. The lowest BCUT2D eigenvalue weighted by molar-refractivity contribution is -0.154. The molecule has 186 valence electrons. The molecule has 0 aromatic carbocycles. The summed E-state index contributed by atoms with van der Waals surface area (Å²) in [5, 5.41) is 5.13. The van der Waals surface area contributed by atoms with Crippen molar-refractivity contribution in [1.82, 2.24) is 24.9 Å². The Morgan fingerprint density at radius 1 is 1.19 bits per heavy atom. The van der Waals surface area contributed by atoms with E-state index in [0.29, 0.717) is 22.7 Å². The van der Waals surface area contributed by atoms with E-state index in [2.05, 4.69) is 30.2 Å². The monoisotopic (exact) mass is 510 g/mol. The number of hydrogen-bond donors (Lipinski definition) is 2. The summed E-state index contributed by atoms with van der Waals surface area (Å²) in [4.78, 5) is 33.5. The average molecular weight is 511 g/mol. The number of aromatic nitrogens is 5. The van der Waals surface area contributed by atoms with Crippen LogP contribution in [0.15, 0.2) is 29.9 Å². The molecule has 0 amide bonds. The lowest BCUT2D eigenvalue weighted by Gasteiger charge is -2.47. The van der Waals surface area contributed by atoms with E-state index in [1.165, 1.54) is 11.3 Å². The number of hydrogen-bond acceptors (Lipinski definition) is 8. The van der Waals surface area contributed by atoms with Gasteiger partial charge in [-0.1, -0.05) is 6.07 Å². The van der Waals surface area contributed by atoms with Gasteiger partial charge >= 0.3 is 5.97 Å². The largest absolute Gasteiger partial charge is 0.466 e. The van der Waals surface area contributed by atoms with Gasteiger partial charge < -0.3 is 15.0 Å². The van der Waals surface area contributed by atoms with Crippen LogP contribution in [-0.4, -0.2) is 43.5 Å². The molecule has 0 unspecified atom stereocenters. The van der Waals surface area contributed by atoms with Crippen LogP contribution in [0.4, 0.5) is 14.6 Å². The molecule has 7 rings (SSSR count). The van der Waals surface area contributed by atoms with Crippen molar-refractivity contribution in [2.75, 3.05) is 11.9 Å². The molecule has 36 heavy (non-hydrogen) atoms. The molecule has 2 N–H and O–H groups in total. The molecule has 11 heteroatoms. The number of nitrogens with zero attached hydrogens (tertiary/aromatic N) is 4. The summed E-state index contributed by atoms with van der Waals surface area (Å²) in [5.74, 6) is -1.36. The summed E-state index contributed by atoms with van der Waals surface area (Å²) in [7, 11) is 0. The fourth-order valence-corrected chi connectivity index (χ4v) is 6.38. The number of ether oxygens (including phenoxy) is 1. The Balaban J connectivity index is 1.46. The minimum atomic E-state index is -0.738. The number of rotatable bonds is 6. The van der Waals surface area contributed by atoms with Crippen molar-refractivity contribution in [2.45, 2.75) is 38.6 Å². The van der Waals surface area contributed by atoms with Gasteiger partial charge in [-0.15, -0.1) is 11.3 Å². The predicted molar refractivity (Wildman–Crippen MR) is 131 cm³/mol. The van der Waals surface area contributed by atoms with Crippen LogP contribution in [0.25, 0.3) is 33.1 Å². The van der Waals surface area contributed by atoms with E-state index in [1.54, 1.807) is 19.2 Å². The molecule has 2 bridgehead atoms. The fraction of sp³-hybridized carbons (Fsp3) is 0.400. The lowest BCUT2D eigenvalue weighted by atomic mass is 9.61. The van der Waals surface area contributed by atoms with Crippen LogP contribution < -0.4 is 5.32 Å². The number of nitrogens with one attached hydrogen (secondary N) is 2. The molecule has 2 atom stereocenters. The number of thiophene rings is 1. The van der Waals surface area contributed by atoms with E-state index in [9.17, 15) is 9.18 Å². The van der Waals surface area contributed by atoms with Gasteiger partial charge in [-0.3, -0.25) is 4.79 Å². The molecule has 3 aliphatic rings. The second-order valence-electron chi connectivity index (χ2n) is 9.25. The number of carbonyl (C=O) groups is 1. The van der Waals surface area contributed by atoms with E-state index >= 15 is 4.39 Å². The van der Waals surface area contributed by atoms with Crippen LogP contribution in [-0.2, 0) is 9.53 Å². The van der Waals surface area contributed by atoms with Crippen LogP contribution >= 0.6 is 11.3 Å². The summed E-state index contributed by atoms with van der Waals surface area (Å²) >= 11 is 1.35. The van der Waals surface area contributed by atoms with Crippen LogP contribution in [0.2, 0.25) is 0 Å². The second-order valence-corrected chi connectivity index (χ2v) is 10.2. The highest BCUT2D eigenvalue weighted by atomic mass is 32.1. The van der Waals surface area contributed by atoms with Crippen molar-refractivity contribution in [3.8, 4) is 22.0 Å². The summed E-state index contributed by atoms with van der Waals surface area (Å²) < 4.78 is 35.2. The number of H-pyrrole nitrogens is 1. The maximum absolute atomic E-state index is 15.9. The van der Waals surface area contributed by atoms with Gasteiger partial charge in [0.1, 0.15) is 11.2 Å². The van der Waals surface area contributed by atoms with Gasteiger partial charge in [0.15, 0.2) is 23.1 Å². The zero-order valence-electron chi connectivity index (χ0n) is 19.5. The van der Waals surface area contributed by atoms with Gasteiger partial charge in [-0.05, 0) is 55.9 Å². The van der Waals surface area contributed by atoms with Gasteiger partial charge in [0, 0.05) is 12.2 Å². The standard InChI is InChI=1S/C25H24F2N6O2S/c1-2-35-25(34)17-12-5-7-13(8-6-12)19(17)31-23-18(27)21(15-4-3-9-36-15)32-22(33-23)14-10-28-24-20(14)30-16(26)11-29-24/h3-4,9-13,17,19H,2,5-8H2,1H3,(H,28,29)(H,31,32,33)/t12?,13?,17-,19-/m1/s1. The molecule has 8 nitrogen and oxygen atoms in total. The Bertz CT molecular complexity index is 1420. The van der Waals surface area contributed by atoms with Crippen molar-refractivity contribution >= 4 is 34.3 Å². The zero-order valence-corrected chi connectivity index (χ0v) is 20.3. The molecule has 3 saturated carbocycles. The number of carbonyl (C=O) groups excluding carboxylic acids is 1. The van der Waals surface area contributed by atoms with Crippen molar-refractivity contribution < 1.29 is 18.3 Å². The third kappa shape index (κ3) is 3.91. The van der Waals surface area contributed by atoms with E-state index in [0.717, 1.165) is 31.9 Å². The highest BCUT2D eigenvalue weighted by molar-refractivity contribution is 7.13. The highest BCUT2D eigenvalue weighted by Gasteiger charge is 2.48. The first-order valence-corrected chi connectivity index (χ1v) is 13.0. The molecule has 4 aromatic rings. The smallest absolute Gasteiger partial charge is 0.311 e. The lowest BCUT2D eigenvalue weighted by Crippen LogP contribution is -2.52. The van der Waals surface area contributed by atoms with Gasteiger partial charge in [-0.2, -0.15) is 4.39 Å². The maximum Gasteiger partial charge on any atom is 0.311 e. The third-order valence-corrected chi connectivity index (χ3v) is 8.16. The Hall–Kier alpha value is -3.47.